The molecule has 1 fully saturated rings. The quantitative estimate of drug-likeness (QED) is 0.885. The van der Waals surface area contributed by atoms with Crippen molar-refractivity contribution in [3.05, 3.63) is 17.0 Å². The van der Waals surface area contributed by atoms with Crippen LogP contribution in [0, 0.1) is 19.3 Å². The van der Waals surface area contributed by atoms with Gasteiger partial charge in [-0.25, -0.2) is 0 Å². The maximum Gasteiger partial charge on any atom is 0.259 e. The average molecular weight is 279 g/mol. The molecule has 2 amide bonds. The van der Waals surface area contributed by atoms with Crippen molar-refractivity contribution in [2.75, 3.05) is 20.1 Å². The summed E-state index contributed by atoms with van der Waals surface area (Å²) in [4.78, 5) is 26.3. The topological polar surface area (TPSA) is 75.4 Å². The Morgan fingerprint density at radius 3 is 2.65 bits per heavy atom. The molecule has 0 bridgehead atoms. The third-order valence-electron chi connectivity index (χ3n) is 4.01. The maximum atomic E-state index is 12.6. The summed E-state index contributed by atoms with van der Waals surface area (Å²) in [6, 6.07) is 0. The molecule has 1 N–H and O–H groups in total. The molecule has 6 nitrogen and oxygen atoms in total. The van der Waals surface area contributed by atoms with Gasteiger partial charge in [-0.15, -0.1) is 0 Å². The van der Waals surface area contributed by atoms with E-state index >= 15 is 0 Å². The summed E-state index contributed by atoms with van der Waals surface area (Å²) in [5, 5.41) is 6.50. The zero-order chi connectivity index (χ0) is 14.9. The molecular formula is C14H21N3O3. The molecule has 1 saturated heterocycles. The lowest BCUT2D eigenvalue weighted by Crippen LogP contribution is -2.51. The van der Waals surface area contributed by atoms with Crippen LogP contribution in [0.1, 0.15) is 41.6 Å². The summed E-state index contributed by atoms with van der Waals surface area (Å²) < 4.78 is 5.05. The normalized spacial score (nSPS) is 22.7. The summed E-state index contributed by atoms with van der Waals surface area (Å²) in [6.45, 7) is 6.48. The Labute approximate surface area is 118 Å². The Hall–Kier alpha value is -1.85. The number of carbonyl (C=O) groups excluding carboxylic acids is 2. The molecule has 1 aromatic rings. The van der Waals surface area contributed by atoms with Crippen molar-refractivity contribution < 1.29 is 14.1 Å². The van der Waals surface area contributed by atoms with Crippen molar-refractivity contribution in [3.63, 3.8) is 0 Å². The van der Waals surface area contributed by atoms with Crippen molar-refractivity contribution in [1.82, 2.24) is 15.4 Å². The Bertz CT molecular complexity index is 518. The minimum atomic E-state index is -0.526. The van der Waals surface area contributed by atoms with Gasteiger partial charge in [-0.05, 0) is 33.6 Å². The Kier molecular flexibility index (Phi) is 3.83. The third kappa shape index (κ3) is 2.42. The van der Waals surface area contributed by atoms with E-state index in [0.717, 1.165) is 12.8 Å². The van der Waals surface area contributed by atoms with Crippen molar-refractivity contribution in [2.24, 2.45) is 5.41 Å². The van der Waals surface area contributed by atoms with Crippen LogP contribution in [-0.2, 0) is 4.79 Å². The number of rotatable bonds is 2. The molecule has 2 rings (SSSR count). The molecule has 0 saturated carbocycles. The fourth-order valence-electron chi connectivity index (χ4n) is 2.85. The van der Waals surface area contributed by atoms with Gasteiger partial charge in [0, 0.05) is 20.1 Å². The fourth-order valence-corrected chi connectivity index (χ4v) is 2.85. The highest BCUT2D eigenvalue weighted by Gasteiger charge is 2.39. The largest absolute Gasteiger partial charge is 0.361 e. The Morgan fingerprint density at radius 2 is 2.10 bits per heavy atom. The number of aryl methyl sites for hydroxylation is 2. The van der Waals surface area contributed by atoms with Gasteiger partial charge in [0.1, 0.15) is 11.3 Å². The van der Waals surface area contributed by atoms with Gasteiger partial charge in [0.25, 0.3) is 5.91 Å². The highest BCUT2D eigenvalue weighted by Crippen LogP contribution is 2.31. The second-order valence-electron chi connectivity index (χ2n) is 5.67. The van der Waals surface area contributed by atoms with Crippen LogP contribution in [0.3, 0.4) is 0 Å². The van der Waals surface area contributed by atoms with Crippen LogP contribution < -0.4 is 5.32 Å². The molecule has 0 radical (unpaired) electrons. The van der Waals surface area contributed by atoms with Crippen LogP contribution in [0.25, 0.3) is 0 Å². The van der Waals surface area contributed by atoms with Crippen LogP contribution in [0.5, 0.6) is 0 Å². The minimum Gasteiger partial charge on any atom is -0.361 e. The number of likely N-dealkylation sites (tertiary alicyclic amines) is 1. The molecule has 1 aliphatic heterocycles. The van der Waals surface area contributed by atoms with E-state index in [1.807, 2.05) is 6.92 Å². The van der Waals surface area contributed by atoms with E-state index in [1.54, 1.807) is 25.8 Å². The lowest BCUT2D eigenvalue weighted by Gasteiger charge is -2.39. The van der Waals surface area contributed by atoms with Gasteiger partial charge in [-0.1, -0.05) is 5.16 Å². The van der Waals surface area contributed by atoms with Crippen molar-refractivity contribution in [3.8, 4) is 0 Å². The predicted octanol–water partition coefficient (Wildman–Crippen LogP) is 1.28. The molecule has 1 atom stereocenters. The van der Waals surface area contributed by atoms with Gasteiger partial charge < -0.3 is 14.7 Å². The molecule has 0 aliphatic carbocycles. The molecule has 0 spiro atoms. The number of hydrogen-bond donors (Lipinski definition) is 1. The predicted molar refractivity (Wildman–Crippen MR) is 73.3 cm³/mol. The smallest absolute Gasteiger partial charge is 0.259 e. The van der Waals surface area contributed by atoms with Crippen LogP contribution >= 0.6 is 0 Å². The SMILES string of the molecule is CNC(=O)[C@]1(C)CCCN(C(=O)c2c(C)noc2C)C1. The van der Waals surface area contributed by atoms with Crippen LogP contribution in [0.4, 0.5) is 0 Å². The van der Waals surface area contributed by atoms with E-state index in [9.17, 15) is 9.59 Å². The van der Waals surface area contributed by atoms with Gasteiger partial charge in [0.05, 0.1) is 11.1 Å². The number of hydrogen-bond acceptors (Lipinski definition) is 4. The molecule has 1 aliphatic rings. The van der Waals surface area contributed by atoms with Gasteiger partial charge in [-0.3, -0.25) is 9.59 Å². The zero-order valence-corrected chi connectivity index (χ0v) is 12.4. The summed E-state index contributed by atoms with van der Waals surface area (Å²) >= 11 is 0. The fraction of sp³-hybridized carbons (Fsp3) is 0.643. The molecule has 0 aromatic carbocycles. The Balaban J connectivity index is 2.21. The lowest BCUT2D eigenvalue weighted by molar-refractivity contribution is -0.132. The monoisotopic (exact) mass is 279 g/mol. The van der Waals surface area contributed by atoms with E-state index in [-0.39, 0.29) is 11.8 Å². The molecular weight excluding hydrogens is 258 g/mol. The lowest BCUT2D eigenvalue weighted by atomic mass is 9.80. The average Bonchev–Trinajstić information content (AvgIpc) is 2.76. The second-order valence-corrected chi connectivity index (χ2v) is 5.67. The summed E-state index contributed by atoms with van der Waals surface area (Å²) in [5.41, 5.74) is 0.590. The molecule has 2 heterocycles. The number of piperidine rings is 1. The minimum absolute atomic E-state index is 0.0197. The second kappa shape index (κ2) is 5.26. The summed E-state index contributed by atoms with van der Waals surface area (Å²) in [7, 11) is 1.63. The first-order valence-corrected chi connectivity index (χ1v) is 6.83. The summed E-state index contributed by atoms with van der Waals surface area (Å²) in [6.07, 6.45) is 1.61. The maximum absolute atomic E-state index is 12.6. The van der Waals surface area contributed by atoms with Crippen LogP contribution in [0.15, 0.2) is 4.52 Å². The number of nitrogens with one attached hydrogen (secondary N) is 1. The van der Waals surface area contributed by atoms with Gasteiger partial charge in [-0.2, -0.15) is 0 Å². The first-order valence-electron chi connectivity index (χ1n) is 6.83. The van der Waals surface area contributed by atoms with Crippen molar-refractivity contribution >= 4 is 11.8 Å². The van der Waals surface area contributed by atoms with E-state index < -0.39 is 5.41 Å². The van der Waals surface area contributed by atoms with E-state index in [1.165, 1.54) is 0 Å². The standard InChI is InChI=1S/C14H21N3O3/c1-9-11(10(2)20-16-9)12(18)17-7-5-6-14(3,8-17)13(19)15-4/h5-8H2,1-4H3,(H,15,19)/t14-/m1/s1. The first kappa shape index (κ1) is 14.6. The van der Waals surface area contributed by atoms with Crippen molar-refractivity contribution in [1.29, 1.82) is 0 Å². The van der Waals surface area contributed by atoms with Crippen LogP contribution in [-0.4, -0.2) is 42.0 Å². The van der Waals surface area contributed by atoms with Gasteiger partial charge >= 0.3 is 0 Å². The van der Waals surface area contributed by atoms with E-state index in [4.69, 9.17) is 4.52 Å². The molecule has 20 heavy (non-hydrogen) atoms. The Morgan fingerprint density at radius 1 is 1.40 bits per heavy atom. The summed E-state index contributed by atoms with van der Waals surface area (Å²) in [5.74, 6) is 0.407. The number of nitrogens with zero attached hydrogens (tertiary/aromatic N) is 2. The molecule has 110 valence electrons. The zero-order valence-electron chi connectivity index (χ0n) is 12.4. The third-order valence-corrected chi connectivity index (χ3v) is 4.01. The number of amides is 2. The van der Waals surface area contributed by atoms with E-state index in [0.29, 0.717) is 30.1 Å². The van der Waals surface area contributed by atoms with Crippen molar-refractivity contribution in [2.45, 2.75) is 33.6 Å². The molecule has 0 unspecified atom stereocenters. The molecule has 6 heteroatoms. The van der Waals surface area contributed by atoms with E-state index in [2.05, 4.69) is 10.5 Å². The number of aromatic nitrogens is 1. The van der Waals surface area contributed by atoms with Crippen LogP contribution in [0.2, 0.25) is 0 Å². The number of carbonyl (C=O) groups is 2. The van der Waals surface area contributed by atoms with Gasteiger partial charge in [0.15, 0.2) is 0 Å². The van der Waals surface area contributed by atoms with Gasteiger partial charge in [0.2, 0.25) is 5.91 Å². The highest BCUT2D eigenvalue weighted by atomic mass is 16.5. The molecule has 1 aromatic heterocycles. The first-order chi connectivity index (χ1) is 9.39. The highest BCUT2D eigenvalue weighted by molar-refractivity contribution is 5.96.